The second kappa shape index (κ2) is 3.14. The van der Waals surface area contributed by atoms with Crippen LogP contribution in [0.2, 0.25) is 5.15 Å². The molecule has 0 saturated heterocycles. The second-order valence-corrected chi connectivity index (χ2v) is 2.52. The number of carbonyl (C=O) groups is 1. The first-order valence-electron chi connectivity index (χ1n) is 3.05. The zero-order valence-corrected chi connectivity index (χ0v) is 6.90. The maximum Gasteiger partial charge on any atom is 0.270 e. The number of halogens is 3. The van der Waals surface area contributed by atoms with E-state index in [1.165, 1.54) is 0 Å². The molecule has 1 rings (SSSR count). The summed E-state index contributed by atoms with van der Waals surface area (Å²) in [5.41, 5.74) is 8.02. The summed E-state index contributed by atoms with van der Waals surface area (Å²) in [6, 6.07) is 0. The maximum absolute atomic E-state index is 12.9. The van der Waals surface area contributed by atoms with Gasteiger partial charge in [-0.3, -0.25) is 4.79 Å². The van der Waals surface area contributed by atoms with Crippen molar-refractivity contribution in [2.75, 3.05) is 5.73 Å². The number of hydrogen-bond acceptors (Lipinski definition) is 3. The number of rotatable bonds is 1. The summed E-state index contributed by atoms with van der Waals surface area (Å²) in [7, 11) is 0. The van der Waals surface area contributed by atoms with E-state index < -0.39 is 34.1 Å². The van der Waals surface area contributed by atoms with E-state index in [4.69, 9.17) is 23.1 Å². The van der Waals surface area contributed by atoms with Gasteiger partial charge in [-0.05, 0) is 0 Å². The fourth-order valence-electron chi connectivity index (χ4n) is 0.695. The van der Waals surface area contributed by atoms with Crippen molar-refractivity contribution in [3.8, 4) is 0 Å². The molecule has 0 aromatic carbocycles. The van der Waals surface area contributed by atoms with Crippen LogP contribution in [-0.2, 0) is 0 Å². The van der Waals surface area contributed by atoms with E-state index in [9.17, 15) is 13.6 Å². The van der Waals surface area contributed by atoms with Crippen LogP contribution in [0.1, 0.15) is 10.5 Å². The predicted octanol–water partition coefficient (Wildman–Crippen LogP) is 0.694. The van der Waals surface area contributed by atoms with Crippen molar-refractivity contribution in [3.63, 3.8) is 0 Å². The molecule has 0 spiro atoms. The van der Waals surface area contributed by atoms with Crippen LogP contribution in [0.15, 0.2) is 0 Å². The lowest BCUT2D eigenvalue weighted by molar-refractivity contribution is 0.0991. The Morgan fingerprint density at radius 3 is 2.38 bits per heavy atom. The first-order chi connectivity index (χ1) is 5.95. The van der Waals surface area contributed by atoms with E-state index >= 15 is 0 Å². The van der Waals surface area contributed by atoms with Crippen LogP contribution in [-0.4, -0.2) is 10.9 Å². The molecule has 1 amide bonds. The zero-order valence-electron chi connectivity index (χ0n) is 6.14. The number of aromatic nitrogens is 1. The van der Waals surface area contributed by atoms with Gasteiger partial charge in [0.05, 0.1) is 0 Å². The van der Waals surface area contributed by atoms with Gasteiger partial charge in [-0.1, -0.05) is 11.6 Å². The van der Waals surface area contributed by atoms with Crippen molar-refractivity contribution < 1.29 is 13.6 Å². The molecular weight excluding hydrogens is 204 g/mol. The SMILES string of the molecule is NC(=O)c1nc(Cl)c(F)c(N)c1F. The molecule has 0 fully saturated rings. The molecule has 0 radical (unpaired) electrons. The number of nitrogen functional groups attached to an aromatic ring is 1. The highest BCUT2D eigenvalue weighted by atomic mass is 35.5. The Hall–Kier alpha value is -1.43. The Labute approximate surface area is 76.5 Å². The molecule has 1 aromatic heterocycles. The number of nitrogens with two attached hydrogens (primary N) is 2. The van der Waals surface area contributed by atoms with Gasteiger partial charge in [0.15, 0.2) is 22.5 Å². The molecular formula is C6H4ClF2N3O. The van der Waals surface area contributed by atoms with E-state index in [2.05, 4.69) is 4.98 Å². The minimum Gasteiger partial charge on any atom is -0.394 e. The molecule has 0 saturated carbocycles. The van der Waals surface area contributed by atoms with Crippen LogP contribution in [0.4, 0.5) is 14.5 Å². The number of primary amides is 1. The molecule has 7 heteroatoms. The fraction of sp³-hybridized carbons (Fsp3) is 0. The molecule has 0 bridgehead atoms. The predicted molar refractivity (Wildman–Crippen MR) is 42.1 cm³/mol. The summed E-state index contributed by atoms with van der Waals surface area (Å²) < 4.78 is 25.6. The lowest BCUT2D eigenvalue weighted by atomic mass is 10.3. The molecule has 0 aliphatic carbocycles. The minimum absolute atomic E-state index is 0.687. The van der Waals surface area contributed by atoms with Crippen molar-refractivity contribution in [1.29, 1.82) is 0 Å². The summed E-state index contributed by atoms with van der Waals surface area (Å²) in [5.74, 6) is -3.66. The maximum atomic E-state index is 12.9. The zero-order chi connectivity index (χ0) is 10.2. The third kappa shape index (κ3) is 1.52. The average Bonchev–Trinajstić information content (AvgIpc) is 2.07. The summed E-state index contributed by atoms with van der Waals surface area (Å²) in [5, 5.41) is -0.687. The van der Waals surface area contributed by atoms with Crippen molar-refractivity contribution in [1.82, 2.24) is 4.98 Å². The smallest absolute Gasteiger partial charge is 0.270 e. The average molecular weight is 208 g/mol. The molecule has 13 heavy (non-hydrogen) atoms. The van der Waals surface area contributed by atoms with Gasteiger partial charge in [-0.15, -0.1) is 0 Å². The van der Waals surface area contributed by atoms with Crippen LogP contribution in [0.3, 0.4) is 0 Å². The third-order valence-electron chi connectivity index (χ3n) is 1.31. The molecule has 0 aliphatic heterocycles. The summed E-state index contributed by atoms with van der Waals surface area (Å²) in [4.78, 5) is 13.6. The van der Waals surface area contributed by atoms with Crippen molar-refractivity contribution in [2.24, 2.45) is 5.73 Å². The van der Waals surface area contributed by atoms with E-state index in [0.717, 1.165) is 0 Å². The van der Waals surface area contributed by atoms with Crippen LogP contribution in [0.25, 0.3) is 0 Å². The van der Waals surface area contributed by atoms with Crippen LogP contribution in [0, 0.1) is 11.6 Å². The van der Waals surface area contributed by atoms with Crippen molar-refractivity contribution in [3.05, 3.63) is 22.5 Å². The summed E-state index contributed by atoms with van der Waals surface area (Å²) in [6.45, 7) is 0. The Bertz CT molecular complexity index is 383. The molecule has 1 heterocycles. The molecule has 1 aromatic rings. The Morgan fingerprint density at radius 1 is 1.38 bits per heavy atom. The highest BCUT2D eigenvalue weighted by molar-refractivity contribution is 6.30. The lowest BCUT2D eigenvalue weighted by Crippen LogP contribution is -2.17. The number of hydrogen-bond donors (Lipinski definition) is 2. The second-order valence-electron chi connectivity index (χ2n) is 2.16. The van der Waals surface area contributed by atoms with E-state index in [1.54, 1.807) is 0 Å². The van der Waals surface area contributed by atoms with Crippen LogP contribution >= 0.6 is 11.6 Å². The number of anilines is 1. The third-order valence-corrected chi connectivity index (χ3v) is 1.56. The van der Waals surface area contributed by atoms with Gasteiger partial charge in [-0.2, -0.15) is 0 Å². The van der Waals surface area contributed by atoms with Gasteiger partial charge in [0.25, 0.3) is 5.91 Å². The van der Waals surface area contributed by atoms with E-state index in [1.807, 2.05) is 0 Å². The van der Waals surface area contributed by atoms with Gasteiger partial charge in [-0.25, -0.2) is 13.8 Å². The molecule has 0 unspecified atom stereocenters. The fourth-order valence-corrected chi connectivity index (χ4v) is 0.881. The lowest BCUT2D eigenvalue weighted by Gasteiger charge is -2.03. The number of nitrogens with zero attached hydrogens (tertiary/aromatic N) is 1. The van der Waals surface area contributed by atoms with Gasteiger partial charge in [0.2, 0.25) is 0 Å². The molecule has 70 valence electrons. The molecule has 0 atom stereocenters. The Balaban J connectivity index is 3.50. The first kappa shape index (κ1) is 9.66. The number of amides is 1. The quantitative estimate of drug-likeness (QED) is 0.665. The Morgan fingerprint density at radius 2 is 1.92 bits per heavy atom. The van der Waals surface area contributed by atoms with Gasteiger partial charge in [0.1, 0.15) is 5.69 Å². The molecule has 4 nitrogen and oxygen atoms in total. The van der Waals surface area contributed by atoms with Gasteiger partial charge < -0.3 is 11.5 Å². The van der Waals surface area contributed by atoms with Crippen LogP contribution < -0.4 is 11.5 Å². The molecule has 4 N–H and O–H groups in total. The van der Waals surface area contributed by atoms with E-state index in [-0.39, 0.29) is 0 Å². The highest BCUT2D eigenvalue weighted by Crippen LogP contribution is 2.22. The standard InChI is InChI=1S/C6H4ClF2N3O/c7-5-2(9)3(10)1(8)4(12-5)6(11)13/h(H2,10,12)(H2,11,13). The monoisotopic (exact) mass is 207 g/mol. The largest absolute Gasteiger partial charge is 0.394 e. The summed E-state index contributed by atoms with van der Waals surface area (Å²) >= 11 is 5.19. The van der Waals surface area contributed by atoms with Crippen molar-refractivity contribution >= 4 is 23.2 Å². The summed E-state index contributed by atoms with van der Waals surface area (Å²) in [6.07, 6.45) is 0. The topological polar surface area (TPSA) is 82.0 Å². The molecule has 0 aliphatic rings. The van der Waals surface area contributed by atoms with Crippen molar-refractivity contribution in [2.45, 2.75) is 0 Å². The van der Waals surface area contributed by atoms with E-state index in [0.29, 0.717) is 0 Å². The Kier molecular flexibility index (Phi) is 2.33. The van der Waals surface area contributed by atoms with Crippen LogP contribution in [0.5, 0.6) is 0 Å². The number of carbonyl (C=O) groups excluding carboxylic acids is 1. The first-order valence-corrected chi connectivity index (χ1v) is 3.42. The highest BCUT2D eigenvalue weighted by Gasteiger charge is 2.19. The van der Waals surface area contributed by atoms with Gasteiger partial charge in [0, 0.05) is 0 Å². The van der Waals surface area contributed by atoms with Gasteiger partial charge >= 0.3 is 0 Å². The normalized spacial score (nSPS) is 10.1. The minimum atomic E-state index is -1.30. The number of pyridine rings is 1.